The second-order valence-electron chi connectivity index (χ2n) is 4.36. The number of ether oxygens (including phenoxy) is 1. The van der Waals surface area contributed by atoms with Gasteiger partial charge in [0, 0.05) is 14.1 Å². The van der Waals surface area contributed by atoms with E-state index in [1.165, 1.54) is 6.07 Å². The predicted molar refractivity (Wildman–Crippen MR) is 59.4 cm³/mol. The molecule has 0 spiro atoms. The molecule has 0 bridgehead atoms. The maximum absolute atomic E-state index is 12.9. The van der Waals surface area contributed by atoms with Crippen LogP contribution in [0.25, 0.3) is 0 Å². The number of halogens is 3. The van der Waals surface area contributed by atoms with Crippen molar-refractivity contribution in [3.63, 3.8) is 0 Å². The third-order valence-electron chi connectivity index (χ3n) is 2.59. The van der Waals surface area contributed by atoms with Gasteiger partial charge in [-0.25, -0.2) is 0 Å². The van der Waals surface area contributed by atoms with Crippen LogP contribution in [0, 0.1) is 0 Å². The number of hydrogen-bond donors (Lipinski definition) is 0. The number of anilines is 1. The molecule has 1 saturated carbocycles. The van der Waals surface area contributed by atoms with Crippen LogP contribution in [0.3, 0.4) is 0 Å². The van der Waals surface area contributed by atoms with Gasteiger partial charge in [0.1, 0.15) is 0 Å². The molecule has 1 fully saturated rings. The van der Waals surface area contributed by atoms with Crippen LogP contribution < -0.4 is 9.64 Å². The molecular formula is C12H14F3NO. The van der Waals surface area contributed by atoms with Crippen LogP contribution in [-0.2, 0) is 6.18 Å². The van der Waals surface area contributed by atoms with E-state index in [0.717, 1.165) is 18.9 Å². The summed E-state index contributed by atoms with van der Waals surface area (Å²) < 4.78 is 44.0. The van der Waals surface area contributed by atoms with Crippen LogP contribution in [-0.4, -0.2) is 20.2 Å². The van der Waals surface area contributed by atoms with Crippen LogP contribution in [0.15, 0.2) is 18.2 Å². The van der Waals surface area contributed by atoms with Crippen molar-refractivity contribution in [3.8, 4) is 5.75 Å². The summed E-state index contributed by atoms with van der Waals surface area (Å²) in [5, 5.41) is 0. The molecule has 0 N–H and O–H groups in total. The summed E-state index contributed by atoms with van der Waals surface area (Å²) in [5.74, 6) is -0.0486. The Hall–Kier alpha value is -1.39. The molecular weight excluding hydrogens is 231 g/mol. The van der Waals surface area contributed by atoms with E-state index in [-0.39, 0.29) is 11.9 Å². The van der Waals surface area contributed by atoms with Crippen molar-refractivity contribution in [2.75, 3.05) is 19.0 Å². The second kappa shape index (κ2) is 4.13. The van der Waals surface area contributed by atoms with Crippen LogP contribution in [0.1, 0.15) is 18.4 Å². The molecule has 0 radical (unpaired) electrons. The normalized spacial score (nSPS) is 15.8. The van der Waals surface area contributed by atoms with Crippen molar-refractivity contribution in [2.45, 2.75) is 25.1 Å². The van der Waals surface area contributed by atoms with Crippen molar-refractivity contribution < 1.29 is 17.9 Å². The maximum Gasteiger partial charge on any atom is 0.420 e. The number of rotatable bonds is 3. The Bertz CT molecular complexity index is 411. The molecule has 2 nitrogen and oxygen atoms in total. The maximum atomic E-state index is 12.9. The van der Waals surface area contributed by atoms with Crippen molar-refractivity contribution >= 4 is 5.69 Å². The molecule has 0 heterocycles. The third kappa shape index (κ3) is 2.65. The Balaban J connectivity index is 2.45. The highest BCUT2D eigenvalue weighted by Gasteiger charge is 2.37. The molecule has 1 aromatic rings. The molecule has 0 saturated heterocycles. The summed E-state index contributed by atoms with van der Waals surface area (Å²) in [6.45, 7) is 0. The molecule has 0 atom stereocenters. The van der Waals surface area contributed by atoms with Crippen molar-refractivity contribution in [2.24, 2.45) is 0 Å². The third-order valence-corrected chi connectivity index (χ3v) is 2.59. The summed E-state index contributed by atoms with van der Waals surface area (Å²) in [5.41, 5.74) is -0.234. The first-order chi connectivity index (χ1) is 7.89. The predicted octanol–water partition coefficient (Wildman–Crippen LogP) is 3.31. The van der Waals surface area contributed by atoms with Crippen LogP contribution in [0.4, 0.5) is 18.9 Å². The standard InChI is InChI=1S/C12H14F3NO/c1-16(2)10-5-3-4-9(12(13,14)15)11(10)17-8-6-7-8/h3-5,8H,6-7H2,1-2H3. The summed E-state index contributed by atoms with van der Waals surface area (Å²) in [6.07, 6.45) is -2.77. The minimum absolute atomic E-state index is 0.0486. The quantitative estimate of drug-likeness (QED) is 0.810. The van der Waals surface area contributed by atoms with Crippen molar-refractivity contribution in [3.05, 3.63) is 23.8 Å². The average Bonchev–Trinajstić information content (AvgIpc) is 3.00. The van der Waals surface area contributed by atoms with Crippen LogP contribution in [0.2, 0.25) is 0 Å². The van der Waals surface area contributed by atoms with Gasteiger partial charge in [-0.3, -0.25) is 0 Å². The minimum Gasteiger partial charge on any atom is -0.488 e. The van der Waals surface area contributed by atoms with Crippen LogP contribution in [0.5, 0.6) is 5.75 Å². The zero-order valence-corrected chi connectivity index (χ0v) is 9.71. The molecule has 17 heavy (non-hydrogen) atoms. The first kappa shape index (κ1) is 12.1. The lowest BCUT2D eigenvalue weighted by atomic mass is 10.1. The highest BCUT2D eigenvalue weighted by Crippen LogP contribution is 2.43. The Morgan fingerprint density at radius 2 is 1.88 bits per heavy atom. The average molecular weight is 245 g/mol. The number of alkyl halides is 3. The lowest BCUT2D eigenvalue weighted by molar-refractivity contribution is -0.139. The van der Waals surface area contributed by atoms with E-state index < -0.39 is 11.7 Å². The monoisotopic (exact) mass is 245 g/mol. The van der Waals surface area contributed by atoms with Crippen molar-refractivity contribution in [1.82, 2.24) is 0 Å². The van der Waals surface area contributed by atoms with Gasteiger partial charge in [0.15, 0.2) is 5.75 Å². The topological polar surface area (TPSA) is 12.5 Å². The molecule has 1 aromatic carbocycles. The van der Waals surface area contributed by atoms with Gasteiger partial charge in [0.2, 0.25) is 0 Å². The Labute approximate surface area is 98.0 Å². The fraction of sp³-hybridized carbons (Fsp3) is 0.500. The first-order valence-electron chi connectivity index (χ1n) is 5.44. The highest BCUT2D eigenvalue weighted by atomic mass is 19.4. The molecule has 5 heteroatoms. The first-order valence-corrected chi connectivity index (χ1v) is 5.44. The molecule has 2 rings (SSSR count). The molecule has 94 valence electrons. The number of benzene rings is 1. The minimum atomic E-state index is -4.38. The van der Waals surface area contributed by atoms with Gasteiger partial charge in [-0.1, -0.05) is 6.07 Å². The number of hydrogen-bond acceptors (Lipinski definition) is 2. The van der Waals surface area contributed by atoms with Gasteiger partial charge in [-0.2, -0.15) is 13.2 Å². The Morgan fingerprint density at radius 1 is 1.24 bits per heavy atom. The van der Waals surface area contributed by atoms with E-state index in [1.54, 1.807) is 25.1 Å². The number of para-hydroxylation sites is 1. The van der Waals surface area contributed by atoms with Crippen molar-refractivity contribution in [1.29, 1.82) is 0 Å². The van der Waals surface area contributed by atoms with Gasteiger partial charge in [-0.15, -0.1) is 0 Å². The van der Waals surface area contributed by atoms with Gasteiger partial charge < -0.3 is 9.64 Å². The highest BCUT2D eigenvalue weighted by molar-refractivity contribution is 5.62. The summed E-state index contributed by atoms with van der Waals surface area (Å²) in [6, 6.07) is 4.09. The molecule has 0 aliphatic heterocycles. The van der Waals surface area contributed by atoms with Gasteiger partial charge in [0.05, 0.1) is 17.4 Å². The summed E-state index contributed by atoms with van der Waals surface area (Å²) in [7, 11) is 3.41. The zero-order valence-electron chi connectivity index (χ0n) is 9.71. The summed E-state index contributed by atoms with van der Waals surface area (Å²) >= 11 is 0. The molecule has 0 unspecified atom stereocenters. The largest absolute Gasteiger partial charge is 0.488 e. The van der Waals surface area contributed by atoms with Crippen LogP contribution >= 0.6 is 0 Å². The summed E-state index contributed by atoms with van der Waals surface area (Å²) in [4.78, 5) is 1.63. The van der Waals surface area contributed by atoms with Gasteiger partial charge in [-0.05, 0) is 25.0 Å². The molecule has 0 aromatic heterocycles. The molecule has 1 aliphatic carbocycles. The smallest absolute Gasteiger partial charge is 0.420 e. The van der Waals surface area contributed by atoms with E-state index in [1.807, 2.05) is 0 Å². The van der Waals surface area contributed by atoms with E-state index in [9.17, 15) is 13.2 Å². The van der Waals surface area contributed by atoms with Gasteiger partial charge >= 0.3 is 6.18 Å². The lowest BCUT2D eigenvalue weighted by Gasteiger charge is -2.21. The molecule has 0 amide bonds. The number of nitrogens with zero attached hydrogens (tertiary/aromatic N) is 1. The lowest BCUT2D eigenvalue weighted by Crippen LogP contribution is -2.16. The van der Waals surface area contributed by atoms with E-state index in [0.29, 0.717) is 5.69 Å². The van der Waals surface area contributed by atoms with Gasteiger partial charge in [0.25, 0.3) is 0 Å². The SMILES string of the molecule is CN(C)c1cccc(C(F)(F)F)c1OC1CC1. The molecule has 1 aliphatic rings. The fourth-order valence-corrected chi connectivity index (χ4v) is 1.58. The van der Waals surface area contributed by atoms with E-state index >= 15 is 0 Å². The fourth-order valence-electron chi connectivity index (χ4n) is 1.58. The zero-order chi connectivity index (χ0) is 12.6. The Kier molecular flexibility index (Phi) is 2.93. The van der Waals surface area contributed by atoms with E-state index in [2.05, 4.69) is 0 Å². The second-order valence-corrected chi connectivity index (χ2v) is 4.36. The van der Waals surface area contributed by atoms with E-state index in [4.69, 9.17) is 4.74 Å². The Morgan fingerprint density at radius 3 is 2.35 bits per heavy atom.